The molecule has 0 aliphatic heterocycles. The first-order chi connectivity index (χ1) is 8.42. The molecule has 0 amide bonds. The maximum Gasteiger partial charge on any atom is 0.339 e. The molecule has 100 valence electrons. The van der Waals surface area contributed by atoms with Crippen molar-refractivity contribution in [1.29, 1.82) is 0 Å². The Morgan fingerprint density at radius 2 is 2.39 bits per heavy atom. The van der Waals surface area contributed by atoms with Crippen molar-refractivity contribution < 1.29 is 9.90 Å². The molecule has 0 aromatic carbocycles. The second kappa shape index (κ2) is 4.72. The van der Waals surface area contributed by atoms with Gasteiger partial charge in [-0.2, -0.15) is 5.10 Å². The number of hydrogen-bond acceptors (Lipinski definition) is 3. The number of nitrogens with zero attached hydrogens (tertiary/aromatic N) is 2. The van der Waals surface area contributed by atoms with Gasteiger partial charge in [0.15, 0.2) is 0 Å². The van der Waals surface area contributed by atoms with E-state index in [1.807, 2.05) is 0 Å². The van der Waals surface area contributed by atoms with Gasteiger partial charge in [0.05, 0.1) is 11.9 Å². The zero-order valence-corrected chi connectivity index (χ0v) is 11.2. The van der Waals surface area contributed by atoms with Crippen LogP contribution in [0, 0.1) is 5.41 Å². The summed E-state index contributed by atoms with van der Waals surface area (Å²) in [4.78, 5) is 11.1. The maximum absolute atomic E-state index is 11.1. The van der Waals surface area contributed by atoms with Gasteiger partial charge in [-0.1, -0.05) is 20.3 Å². The summed E-state index contributed by atoms with van der Waals surface area (Å²) in [5.74, 6) is -0.911. The molecule has 2 N–H and O–H groups in total. The lowest BCUT2D eigenvalue weighted by atomic mass is 9.87. The van der Waals surface area contributed by atoms with E-state index in [0.717, 1.165) is 12.1 Å². The van der Waals surface area contributed by atoms with Gasteiger partial charge in [0.1, 0.15) is 5.56 Å². The van der Waals surface area contributed by atoms with Gasteiger partial charge in [0, 0.05) is 19.6 Å². The first-order valence-electron chi connectivity index (χ1n) is 6.39. The van der Waals surface area contributed by atoms with E-state index in [2.05, 4.69) is 24.3 Å². The van der Waals surface area contributed by atoms with E-state index in [1.165, 1.54) is 19.0 Å². The Bertz CT molecular complexity index is 451. The summed E-state index contributed by atoms with van der Waals surface area (Å²) in [6.07, 6.45) is 5.04. The minimum atomic E-state index is -0.911. The van der Waals surface area contributed by atoms with Crippen LogP contribution in [0.1, 0.15) is 49.2 Å². The molecule has 1 heterocycles. The minimum absolute atomic E-state index is 0.292. The summed E-state index contributed by atoms with van der Waals surface area (Å²) in [6.45, 7) is 5.09. The minimum Gasteiger partial charge on any atom is -0.478 e. The molecule has 0 radical (unpaired) electrons. The molecule has 1 fully saturated rings. The lowest BCUT2D eigenvalue weighted by Crippen LogP contribution is -2.37. The van der Waals surface area contributed by atoms with E-state index < -0.39 is 5.97 Å². The van der Waals surface area contributed by atoms with E-state index in [9.17, 15) is 4.79 Å². The molecule has 2 rings (SSSR count). The van der Waals surface area contributed by atoms with Crippen molar-refractivity contribution in [1.82, 2.24) is 15.1 Å². The van der Waals surface area contributed by atoms with Crippen LogP contribution in [0.2, 0.25) is 0 Å². The summed E-state index contributed by atoms with van der Waals surface area (Å²) in [5.41, 5.74) is 1.33. The predicted molar refractivity (Wildman–Crippen MR) is 68.4 cm³/mol. The van der Waals surface area contributed by atoms with E-state index >= 15 is 0 Å². The Kier molecular flexibility index (Phi) is 3.43. The van der Waals surface area contributed by atoms with Gasteiger partial charge in [-0.05, 0) is 18.3 Å². The predicted octanol–water partition coefficient (Wildman–Crippen LogP) is 1.79. The van der Waals surface area contributed by atoms with Gasteiger partial charge in [0.2, 0.25) is 0 Å². The Labute approximate surface area is 107 Å². The third kappa shape index (κ3) is 2.41. The van der Waals surface area contributed by atoms with Gasteiger partial charge in [-0.3, -0.25) is 4.68 Å². The van der Waals surface area contributed by atoms with Crippen molar-refractivity contribution in [3.8, 4) is 0 Å². The summed E-state index contributed by atoms with van der Waals surface area (Å²) in [6, 6.07) is 0.453. The largest absolute Gasteiger partial charge is 0.478 e. The molecule has 1 unspecified atom stereocenters. The zero-order chi connectivity index (χ0) is 13.3. The second-order valence-electron chi connectivity index (χ2n) is 5.75. The third-order valence-electron chi connectivity index (χ3n) is 4.07. The number of aromatic carboxylic acids is 1. The van der Waals surface area contributed by atoms with Crippen LogP contribution < -0.4 is 5.32 Å². The first kappa shape index (κ1) is 13.1. The van der Waals surface area contributed by atoms with E-state index in [-0.39, 0.29) is 0 Å². The lowest BCUT2D eigenvalue weighted by Gasteiger charge is -2.28. The molecule has 1 aromatic rings. The quantitative estimate of drug-likeness (QED) is 0.856. The van der Waals surface area contributed by atoms with Crippen LogP contribution in [0.3, 0.4) is 0 Å². The van der Waals surface area contributed by atoms with Crippen molar-refractivity contribution in [3.05, 3.63) is 17.5 Å². The first-order valence-corrected chi connectivity index (χ1v) is 6.39. The van der Waals surface area contributed by atoms with Crippen molar-refractivity contribution in [2.75, 3.05) is 0 Å². The fraction of sp³-hybridized carbons (Fsp3) is 0.692. The molecule has 0 saturated heterocycles. The average Bonchev–Trinajstić information content (AvgIpc) is 2.79. The van der Waals surface area contributed by atoms with Gasteiger partial charge < -0.3 is 10.4 Å². The van der Waals surface area contributed by atoms with Gasteiger partial charge >= 0.3 is 5.97 Å². The maximum atomic E-state index is 11.1. The number of carbonyl (C=O) groups is 1. The molecule has 1 aliphatic carbocycles. The van der Waals surface area contributed by atoms with Gasteiger partial charge in [-0.15, -0.1) is 0 Å². The number of aryl methyl sites for hydroxylation is 1. The number of carboxylic acids is 1. The topological polar surface area (TPSA) is 67.2 Å². The lowest BCUT2D eigenvalue weighted by molar-refractivity contribution is 0.0695. The highest BCUT2D eigenvalue weighted by Crippen LogP contribution is 2.37. The van der Waals surface area contributed by atoms with Crippen LogP contribution >= 0.6 is 0 Å². The molecule has 0 spiro atoms. The summed E-state index contributed by atoms with van der Waals surface area (Å²) >= 11 is 0. The molecular weight excluding hydrogens is 230 g/mol. The summed E-state index contributed by atoms with van der Waals surface area (Å²) < 4.78 is 1.64. The molecule has 1 atom stereocenters. The van der Waals surface area contributed by atoms with E-state index in [4.69, 9.17) is 5.11 Å². The molecule has 18 heavy (non-hydrogen) atoms. The van der Waals surface area contributed by atoms with Crippen molar-refractivity contribution in [2.45, 2.75) is 45.7 Å². The Morgan fingerprint density at radius 1 is 1.67 bits per heavy atom. The van der Waals surface area contributed by atoms with Crippen LogP contribution in [0.15, 0.2) is 6.20 Å². The number of aromatic nitrogens is 2. The number of rotatable bonds is 4. The summed E-state index contributed by atoms with van der Waals surface area (Å²) in [5, 5.41) is 16.6. The fourth-order valence-corrected chi connectivity index (χ4v) is 2.78. The highest BCUT2D eigenvalue weighted by atomic mass is 16.4. The molecule has 0 bridgehead atoms. The van der Waals surface area contributed by atoms with Crippen molar-refractivity contribution in [3.63, 3.8) is 0 Å². The standard InChI is InChI=1S/C13H21N3O2/c1-13(2)6-4-5-11(13)14-8-10-9(12(17)18)7-15-16(10)3/h7,11,14H,4-6,8H2,1-3H3,(H,17,18). The van der Waals surface area contributed by atoms with Crippen molar-refractivity contribution in [2.24, 2.45) is 12.5 Å². The Balaban J connectivity index is 2.06. The fourth-order valence-electron chi connectivity index (χ4n) is 2.78. The highest BCUT2D eigenvalue weighted by molar-refractivity contribution is 5.88. The van der Waals surface area contributed by atoms with Crippen LogP contribution in [-0.2, 0) is 13.6 Å². The van der Waals surface area contributed by atoms with Crippen LogP contribution in [-0.4, -0.2) is 26.9 Å². The number of nitrogens with one attached hydrogen (secondary N) is 1. The third-order valence-corrected chi connectivity index (χ3v) is 4.07. The van der Waals surface area contributed by atoms with Crippen LogP contribution in [0.5, 0.6) is 0 Å². The SMILES string of the molecule is Cn1ncc(C(=O)O)c1CNC1CCCC1(C)C. The average molecular weight is 251 g/mol. The number of hydrogen-bond donors (Lipinski definition) is 2. The van der Waals surface area contributed by atoms with E-state index in [1.54, 1.807) is 11.7 Å². The molecule has 5 heteroatoms. The van der Waals surface area contributed by atoms with Crippen LogP contribution in [0.25, 0.3) is 0 Å². The smallest absolute Gasteiger partial charge is 0.339 e. The molecule has 1 aliphatic rings. The molecule has 5 nitrogen and oxygen atoms in total. The zero-order valence-electron chi connectivity index (χ0n) is 11.2. The molecular formula is C13H21N3O2. The molecule has 1 saturated carbocycles. The second-order valence-corrected chi connectivity index (χ2v) is 5.75. The van der Waals surface area contributed by atoms with E-state index in [0.29, 0.717) is 23.6 Å². The Morgan fingerprint density at radius 3 is 2.94 bits per heavy atom. The van der Waals surface area contributed by atoms with Gasteiger partial charge in [-0.25, -0.2) is 4.79 Å². The Hall–Kier alpha value is -1.36. The normalized spacial score (nSPS) is 22.3. The summed E-state index contributed by atoms with van der Waals surface area (Å²) in [7, 11) is 1.78. The number of carboxylic acid groups (broad SMARTS) is 1. The van der Waals surface area contributed by atoms with Crippen molar-refractivity contribution >= 4 is 5.97 Å². The monoisotopic (exact) mass is 251 g/mol. The van der Waals surface area contributed by atoms with Crippen LogP contribution in [0.4, 0.5) is 0 Å². The highest BCUT2D eigenvalue weighted by Gasteiger charge is 2.34. The van der Waals surface area contributed by atoms with Gasteiger partial charge in [0.25, 0.3) is 0 Å². The molecule has 1 aromatic heterocycles.